The highest BCUT2D eigenvalue weighted by Crippen LogP contribution is 2.19. The first-order valence-corrected chi connectivity index (χ1v) is 5.94. The van der Waals surface area contributed by atoms with E-state index in [0.717, 1.165) is 36.7 Å². The second-order valence-corrected chi connectivity index (χ2v) is 4.58. The molecule has 4 heteroatoms. The molecule has 0 amide bonds. The number of anilines is 1. The zero-order valence-corrected chi connectivity index (χ0v) is 10.5. The summed E-state index contributed by atoms with van der Waals surface area (Å²) in [4.78, 5) is 2.26. The van der Waals surface area contributed by atoms with Gasteiger partial charge in [-0.2, -0.15) is 0 Å². The summed E-state index contributed by atoms with van der Waals surface area (Å²) < 4.78 is 11.4. The van der Waals surface area contributed by atoms with Gasteiger partial charge in [0.1, 0.15) is 18.5 Å². The first-order chi connectivity index (χ1) is 8.15. The Morgan fingerprint density at radius 2 is 2.35 bits per heavy atom. The first-order valence-electron chi connectivity index (χ1n) is 5.94. The van der Waals surface area contributed by atoms with Crippen LogP contribution in [-0.4, -0.2) is 44.4 Å². The van der Waals surface area contributed by atoms with Crippen LogP contribution in [0.2, 0.25) is 0 Å². The summed E-state index contributed by atoms with van der Waals surface area (Å²) in [5, 5.41) is 0. The molecule has 1 aromatic carbocycles. The van der Waals surface area contributed by atoms with E-state index in [1.165, 1.54) is 0 Å². The monoisotopic (exact) mass is 236 g/mol. The summed E-state index contributed by atoms with van der Waals surface area (Å²) in [5.41, 5.74) is 7.60. The number of ether oxygens (including phenoxy) is 2. The minimum Gasteiger partial charge on any atom is -0.491 e. The minimum atomic E-state index is 0.159. The predicted octanol–water partition coefficient (Wildman–Crippen LogP) is 1.29. The van der Waals surface area contributed by atoms with Gasteiger partial charge in [-0.05, 0) is 37.7 Å². The van der Waals surface area contributed by atoms with Gasteiger partial charge < -0.3 is 20.1 Å². The van der Waals surface area contributed by atoms with Crippen LogP contribution in [0.4, 0.5) is 5.69 Å². The highest BCUT2D eigenvalue weighted by molar-refractivity contribution is 5.49. The van der Waals surface area contributed by atoms with Gasteiger partial charge >= 0.3 is 0 Å². The Kier molecular flexibility index (Phi) is 3.86. The fourth-order valence-electron chi connectivity index (χ4n) is 1.89. The number of benzene rings is 1. The highest BCUT2D eigenvalue weighted by atomic mass is 16.5. The Morgan fingerprint density at radius 1 is 1.53 bits per heavy atom. The molecule has 0 aromatic heterocycles. The van der Waals surface area contributed by atoms with Crippen molar-refractivity contribution in [3.8, 4) is 5.75 Å². The number of nitrogens with two attached hydrogens (primary N) is 1. The Hall–Kier alpha value is -1.26. The molecule has 1 aliphatic rings. The molecule has 0 radical (unpaired) electrons. The van der Waals surface area contributed by atoms with Crippen LogP contribution in [0.5, 0.6) is 5.75 Å². The predicted molar refractivity (Wildman–Crippen MR) is 68.3 cm³/mol. The Balaban J connectivity index is 1.86. The quantitative estimate of drug-likeness (QED) is 0.803. The number of aryl methyl sites for hydroxylation is 1. The fraction of sp³-hybridized carbons (Fsp3) is 0.538. The molecule has 0 spiro atoms. The summed E-state index contributed by atoms with van der Waals surface area (Å²) in [6, 6.07) is 5.73. The highest BCUT2D eigenvalue weighted by Gasteiger charge is 2.18. The van der Waals surface area contributed by atoms with E-state index in [2.05, 4.69) is 11.9 Å². The summed E-state index contributed by atoms with van der Waals surface area (Å²) in [6.45, 7) is 5.28. The maximum atomic E-state index is 5.76. The van der Waals surface area contributed by atoms with Crippen molar-refractivity contribution in [1.82, 2.24) is 4.90 Å². The van der Waals surface area contributed by atoms with Gasteiger partial charge in [-0.25, -0.2) is 0 Å². The number of morpholine rings is 1. The van der Waals surface area contributed by atoms with E-state index in [4.69, 9.17) is 15.2 Å². The van der Waals surface area contributed by atoms with Crippen molar-refractivity contribution in [2.45, 2.75) is 13.0 Å². The number of rotatable bonds is 3. The van der Waals surface area contributed by atoms with Crippen LogP contribution in [0.1, 0.15) is 5.56 Å². The van der Waals surface area contributed by atoms with Gasteiger partial charge in [-0.1, -0.05) is 0 Å². The fourth-order valence-corrected chi connectivity index (χ4v) is 1.89. The SMILES string of the molecule is Cc1cc(OCC2CN(C)CCO2)ccc1N. The van der Waals surface area contributed by atoms with Crippen molar-refractivity contribution in [2.75, 3.05) is 39.1 Å². The van der Waals surface area contributed by atoms with Crippen molar-refractivity contribution < 1.29 is 9.47 Å². The normalized spacial score (nSPS) is 21.4. The summed E-state index contributed by atoms with van der Waals surface area (Å²) in [6.07, 6.45) is 0.159. The molecule has 2 rings (SSSR count). The summed E-state index contributed by atoms with van der Waals surface area (Å²) in [7, 11) is 2.10. The molecule has 1 atom stereocenters. The number of hydrogen-bond acceptors (Lipinski definition) is 4. The summed E-state index contributed by atoms with van der Waals surface area (Å²) in [5.74, 6) is 0.855. The van der Waals surface area contributed by atoms with Gasteiger partial charge in [0.05, 0.1) is 6.61 Å². The van der Waals surface area contributed by atoms with Crippen LogP contribution in [0, 0.1) is 6.92 Å². The van der Waals surface area contributed by atoms with E-state index in [9.17, 15) is 0 Å². The third-order valence-corrected chi connectivity index (χ3v) is 3.02. The Labute approximate surface area is 102 Å². The van der Waals surface area contributed by atoms with Gasteiger partial charge in [0.25, 0.3) is 0 Å². The zero-order valence-electron chi connectivity index (χ0n) is 10.5. The molecule has 94 valence electrons. The van der Waals surface area contributed by atoms with Crippen LogP contribution in [0.15, 0.2) is 18.2 Å². The molecule has 1 unspecified atom stereocenters. The van der Waals surface area contributed by atoms with Gasteiger partial charge in [0, 0.05) is 18.8 Å². The number of nitrogens with zero attached hydrogens (tertiary/aromatic N) is 1. The van der Waals surface area contributed by atoms with Crippen LogP contribution in [0.3, 0.4) is 0 Å². The smallest absolute Gasteiger partial charge is 0.119 e. The molecule has 1 heterocycles. The Morgan fingerprint density at radius 3 is 3.06 bits per heavy atom. The zero-order chi connectivity index (χ0) is 12.3. The second kappa shape index (κ2) is 5.38. The molecule has 1 fully saturated rings. The first kappa shape index (κ1) is 12.2. The number of nitrogen functional groups attached to an aromatic ring is 1. The molecule has 1 aromatic rings. The second-order valence-electron chi connectivity index (χ2n) is 4.58. The van der Waals surface area contributed by atoms with Crippen molar-refractivity contribution in [2.24, 2.45) is 0 Å². The minimum absolute atomic E-state index is 0.159. The van der Waals surface area contributed by atoms with Crippen LogP contribution >= 0.6 is 0 Å². The molecule has 0 bridgehead atoms. The number of likely N-dealkylation sites (N-methyl/N-ethyl adjacent to an activating group) is 1. The van der Waals surface area contributed by atoms with Crippen molar-refractivity contribution in [3.63, 3.8) is 0 Å². The van der Waals surface area contributed by atoms with Crippen LogP contribution < -0.4 is 10.5 Å². The number of hydrogen-bond donors (Lipinski definition) is 1. The molecule has 17 heavy (non-hydrogen) atoms. The van der Waals surface area contributed by atoms with E-state index in [1.54, 1.807) is 0 Å². The molecule has 0 saturated carbocycles. The molecule has 1 saturated heterocycles. The molecule has 0 aliphatic carbocycles. The van der Waals surface area contributed by atoms with E-state index < -0.39 is 0 Å². The van der Waals surface area contributed by atoms with Gasteiger partial charge in [-0.15, -0.1) is 0 Å². The Bertz CT molecular complexity index is 382. The lowest BCUT2D eigenvalue weighted by Gasteiger charge is -2.29. The molecular formula is C13H20N2O2. The van der Waals surface area contributed by atoms with E-state index in [1.807, 2.05) is 25.1 Å². The van der Waals surface area contributed by atoms with Crippen molar-refractivity contribution in [1.29, 1.82) is 0 Å². The largest absolute Gasteiger partial charge is 0.491 e. The van der Waals surface area contributed by atoms with Gasteiger partial charge in [0.15, 0.2) is 0 Å². The maximum Gasteiger partial charge on any atom is 0.119 e. The topological polar surface area (TPSA) is 47.7 Å². The van der Waals surface area contributed by atoms with Gasteiger partial charge in [0.2, 0.25) is 0 Å². The summed E-state index contributed by atoms with van der Waals surface area (Å²) >= 11 is 0. The van der Waals surface area contributed by atoms with Crippen molar-refractivity contribution >= 4 is 5.69 Å². The molecule has 2 N–H and O–H groups in total. The average molecular weight is 236 g/mol. The van der Waals surface area contributed by atoms with E-state index >= 15 is 0 Å². The molecule has 4 nitrogen and oxygen atoms in total. The van der Waals surface area contributed by atoms with E-state index in [-0.39, 0.29) is 6.10 Å². The van der Waals surface area contributed by atoms with E-state index in [0.29, 0.717) is 6.61 Å². The standard InChI is InChI=1S/C13H20N2O2/c1-10-7-11(3-4-13(10)14)17-9-12-8-15(2)5-6-16-12/h3-4,7,12H,5-6,8-9,14H2,1-2H3. The maximum absolute atomic E-state index is 5.76. The lowest BCUT2D eigenvalue weighted by Crippen LogP contribution is -2.42. The molecular weight excluding hydrogens is 216 g/mol. The van der Waals surface area contributed by atoms with Gasteiger partial charge in [-0.3, -0.25) is 0 Å². The third-order valence-electron chi connectivity index (χ3n) is 3.02. The molecule has 1 aliphatic heterocycles. The third kappa shape index (κ3) is 3.35. The lowest BCUT2D eigenvalue weighted by molar-refractivity contribution is -0.0403. The van der Waals surface area contributed by atoms with Crippen LogP contribution in [-0.2, 0) is 4.74 Å². The van der Waals surface area contributed by atoms with Crippen LogP contribution in [0.25, 0.3) is 0 Å². The van der Waals surface area contributed by atoms with Crippen molar-refractivity contribution in [3.05, 3.63) is 23.8 Å². The lowest BCUT2D eigenvalue weighted by atomic mass is 10.2. The average Bonchev–Trinajstić information content (AvgIpc) is 2.31.